The molecule has 1 N–H and O–H groups in total. The molecule has 0 aromatic heterocycles. The summed E-state index contributed by atoms with van der Waals surface area (Å²) in [4.78, 5) is 29.8. The summed E-state index contributed by atoms with van der Waals surface area (Å²) in [5.74, 6) is -0.671. The Bertz CT molecular complexity index is 1210. The number of benzene rings is 2. The van der Waals surface area contributed by atoms with Crippen molar-refractivity contribution in [1.29, 1.82) is 0 Å². The van der Waals surface area contributed by atoms with Crippen LogP contribution in [-0.2, 0) is 9.59 Å². The van der Waals surface area contributed by atoms with Gasteiger partial charge in [0, 0.05) is 23.3 Å². The third-order valence-electron chi connectivity index (χ3n) is 6.62. The molecule has 0 spiro atoms. The second-order valence-corrected chi connectivity index (χ2v) is 10.5. The first-order valence-corrected chi connectivity index (χ1v) is 11.7. The van der Waals surface area contributed by atoms with Gasteiger partial charge < -0.3 is 4.90 Å². The van der Waals surface area contributed by atoms with Crippen LogP contribution in [0.15, 0.2) is 35.9 Å². The van der Waals surface area contributed by atoms with Crippen molar-refractivity contribution < 1.29 is 9.59 Å². The van der Waals surface area contributed by atoms with Crippen LogP contribution in [0.1, 0.15) is 55.4 Å². The summed E-state index contributed by atoms with van der Waals surface area (Å²) < 4.78 is 0. The molecule has 2 aliphatic rings. The zero-order valence-electron chi connectivity index (χ0n) is 19.7. The maximum atomic E-state index is 13.4. The van der Waals surface area contributed by atoms with Crippen molar-refractivity contribution >= 4 is 58.2 Å². The first-order chi connectivity index (χ1) is 15.4. The minimum absolute atomic E-state index is 0.00163. The molecular formula is C26H28ClN3O2S. The molecule has 0 radical (unpaired) electrons. The lowest BCUT2D eigenvalue weighted by atomic mass is 9.80. The van der Waals surface area contributed by atoms with E-state index in [1.807, 2.05) is 44.2 Å². The van der Waals surface area contributed by atoms with Crippen LogP contribution in [0, 0.1) is 13.8 Å². The van der Waals surface area contributed by atoms with E-state index in [0.717, 1.165) is 28.8 Å². The highest BCUT2D eigenvalue weighted by atomic mass is 35.5. The van der Waals surface area contributed by atoms with E-state index >= 15 is 0 Å². The van der Waals surface area contributed by atoms with Gasteiger partial charge in [0.25, 0.3) is 11.8 Å². The number of hydrogen-bond acceptors (Lipinski definition) is 4. The van der Waals surface area contributed by atoms with Crippen LogP contribution in [-0.4, -0.2) is 29.5 Å². The molecule has 1 fully saturated rings. The van der Waals surface area contributed by atoms with Crippen molar-refractivity contribution in [2.75, 3.05) is 16.8 Å². The van der Waals surface area contributed by atoms with Crippen molar-refractivity contribution in [3.63, 3.8) is 0 Å². The Labute approximate surface area is 205 Å². The van der Waals surface area contributed by atoms with Crippen LogP contribution in [0.3, 0.4) is 0 Å². The second kappa shape index (κ2) is 8.26. The van der Waals surface area contributed by atoms with Crippen molar-refractivity contribution in [1.82, 2.24) is 5.32 Å². The predicted octanol–water partition coefficient (Wildman–Crippen LogP) is 5.51. The molecule has 2 heterocycles. The number of amides is 2. The molecule has 2 aromatic carbocycles. The SMILES string of the molecule is Cc1cc(C)cc(N2C(=O)/C(=C/c3cc4c(cc3Cl)N(C)C(C)(C)C[C@@H]4C)C(=O)NC2=S)c1. The molecule has 33 heavy (non-hydrogen) atoms. The van der Waals surface area contributed by atoms with Crippen molar-refractivity contribution in [3.05, 3.63) is 63.2 Å². The number of nitrogens with one attached hydrogen (secondary N) is 1. The van der Waals surface area contributed by atoms with E-state index < -0.39 is 11.8 Å². The maximum absolute atomic E-state index is 13.4. The molecule has 5 nitrogen and oxygen atoms in total. The van der Waals surface area contributed by atoms with E-state index in [2.05, 4.69) is 38.0 Å². The highest BCUT2D eigenvalue weighted by molar-refractivity contribution is 7.80. The Kier molecular flexibility index (Phi) is 5.87. The minimum Gasteiger partial charge on any atom is -0.369 e. The molecule has 0 saturated carbocycles. The number of thiocarbonyl (C=S) groups is 1. The topological polar surface area (TPSA) is 52.7 Å². The average molecular weight is 482 g/mol. The van der Waals surface area contributed by atoms with Gasteiger partial charge in [0.05, 0.1) is 5.69 Å². The predicted molar refractivity (Wildman–Crippen MR) is 139 cm³/mol. The van der Waals surface area contributed by atoms with Crippen LogP contribution >= 0.6 is 23.8 Å². The molecule has 172 valence electrons. The van der Waals surface area contributed by atoms with E-state index in [0.29, 0.717) is 22.2 Å². The highest BCUT2D eigenvalue weighted by Crippen LogP contribution is 2.44. The van der Waals surface area contributed by atoms with E-state index in [1.165, 1.54) is 4.90 Å². The fraction of sp³-hybridized carbons (Fsp3) is 0.346. The Morgan fingerprint density at radius 2 is 1.76 bits per heavy atom. The number of rotatable bonds is 2. The van der Waals surface area contributed by atoms with Crippen molar-refractivity contribution in [3.8, 4) is 0 Å². The number of hydrogen-bond donors (Lipinski definition) is 1. The highest BCUT2D eigenvalue weighted by Gasteiger charge is 2.36. The Hall–Kier alpha value is -2.70. The monoisotopic (exact) mass is 481 g/mol. The molecular weight excluding hydrogens is 454 g/mol. The van der Waals surface area contributed by atoms with E-state index in [4.69, 9.17) is 23.8 Å². The molecule has 2 aliphatic heterocycles. The smallest absolute Gasteiger partial charge is 0.270 e. The summed E-state index contributed by atoms with van der Waals surface area (Å²) in [5, 5.41) is 3.21. The summed E-state index contributed by atoms with van der Waals surface area (Å²) in [6.45, 7) is 10.5. The van der Waals surface area contributed by atoms with E-state index in [-0.39, 0.29) is 16.2 Å². The molecule has 2 amide bonds. The fourth-order valence-electron chi connectivity index (χ4n) is 4.84. The van der Waals surface area contributed by atoms with Gasteiger partial charge in [0.2, 0.25) is 0 Å². The lowest BCUT2D eigenvalue weighted by Gasteiger charge is -2.45. The molecule has 0 unspecified atom stereocenters. The molecule has 1 atom stereocenters. The van der Waals surface area contributed by atoms with Gasteiger partial charge in [-0.05, 0) is 105 Å². The Balaban J connectivity index is 1.78. The lowest BCUT2D eigenvalue weighted by molar-refractivity contribution is -0.122. The quantitative estimate of drug-likeness (QED) is 0.349. The lowest BCUT2D eigenvalue weighted by Crippen LogP contribution is -2.54. The van der Waals surface area contributed by atoms with Crippen LogP contribution in [0.2, 0.25) is 5.02 Å². The number of fused-ring (bicyclic) bond motifs is 1. The van der Waals surface area contributed by atoms with Crippen LogP contribution in [0.5, 0.6) is 0 Å². The minimum atomic E-state index is -0.522. The number of carbonyl (C=O) groups excluding carboxylic acids is 2. The maximum Gasteiger partial charge on any atom is 0.270 e. The van der Waals surface area contributed by atoms with Gasteiger partial charge in [-0.3, -0.25) is 19.8 Å². The summed E-state index contributed by atoms with van der Waals surface area (Å²) in [6, 6.07) is 9.69. The molecule has 2 aromatic rings. The molecule has 7 heteroatoms. The zero-order chi connectivity index (χ0) is 24.2. The first kappa shape index (κ1) is 23.5. The Morgan fingerprint density at radius 1 is 1.12 bits per heavy atom. The third-order valence-corrected chi connectivity index (χ3v) is 7.23. The Morgan fingerprint density at radius 3 is 2.39 bits per heavy atom. The van der Waals surface area contributed by atoms with Crippen LogP contribution < -0.4 is 15.1 Å². The molecule has 0 bridgehead atoms. The van der Waals surface area contributed by atoms with Crippen LogP contribution in [0.4, 0.5) is 11.4 Å². The summed E-state index contributed by atoms with van der Waals surface area (Å²) in [5.41, 5.74) is 5.51. The number of nitrogens with zero attached hydrogens (tertiary/aromatic N) is 2. The van der Waals surface area contributed by atoms with Crippen molar-refractivity contribution in [2.45, 2.75) is 52.5 Å². The summed E-state index contributed by atoms with van der Waals surface area (Å²) in [7, 11) is 2.07. The molecule has 4 rings (SSSR count). The van der Waals surface area contributed by atoms with Gasteiger partial charge in [-0.25, -0.2) is 0 Å². The second-order valence-electron chi connectivity index (χ2n) is 9.71. The van der Waals surface area contributed by atoms with E-state index in [1.54, 1.807) is 6.08 Å². The fourth-order valence-corrected chi connectivity index (χ4v) is 5.34. The van der Waals surface area contributed by atoms with E-state index in [9.17, 15) is 9.59 Å². The standard InChI is InChI=1S/C26H28ClN3O2S/c1-14-7-15(2)9-18(8-14)30-24(32)20(23(31)28-25(30)33)11-17-10-19-16(3)13-26(4,5)29(6)22(19)12-21(17)27/h7-12,16H,13H2,1-6H3,(H,28,31,33)/b20-11+/t16-/m0/s1. The van der Waals surface area contributed by atoms with Gasteiger partial charge in [0.15, 0.2) is 5.11 Å². The molecule has 0 aliphatic carbocycles. The van der Waals surface area contributed by atoms with Gasteiger partial charge in [-0.2, -0.15) is 0 Å². The number of carbonyl (C=O) groups is 2. The largest absolute Gasteiger partial charge is 0.369 e. The number of halogens is 1. The van der Waals surface area contributed by atoms with Crippen LogP contribution in [0.25, 0.3) is 6.08 Å². The zero-order valence-corrected chi connectivity index (χ0v) is 21.3. The average Bonchev–Trinajstić information content (AvgIpc) is 2.69. The number of anilines is 2. The molecule has 1 saturated heterocycles. The van der Waals surface area contributed by atoms with Gasteiger partial charge in [-0.15, -0.1) is 0 Å². The third kappa shape index (κ3) is 4.18. The van der Waals surface area contributed by atoms with Gasteiger partial charge >= 0.3 is 0 Å². The van der Waals surface area contributed by atoms with Gasteiger partial charge in [0.1, 0.15) is 5.57 Å². The summed E-state index contributed by atoms with van der Waals surface area (Å²) >= 11 is 12.0. The van der Waals surface area contributed by atoms with Crippen molar-refractivity contribution in [2.24, 2.45) is 0 Å². The first-order valence-electron chi connectivity index (χ1n) is 11.0. The number of aryl methyl sites for hydroxylation is 2. The van der Waals surface area contributed by atoms with Gasteiger partial charge in [-0.1, -0.05) is 24.6 Å². The normalized spacial score (nSPS) is 21.4. The summed E-state index contributed by atoms with van der Waals surface area (Å²) in [6.07, 6.45) is 2.56.